The van der Waals surface area contributed by atoms with Gasteiger partial charge in [0, 0.05) is 44.6 Å². The van der Waals surface area contributed by atoms with Crippen LogP contribution in [0, 0.1) is 0 Å². The number of likely N-dealkylation sites (tertiary alicyclic amines) is 1. The van der Waals surface area contributed by atoms with Crippen molar-refractivity contribution in [1.29, 1.82) is 0 Å². The van der Waals surface area contributed by atoms with Crippen molar-refractivity contribution in [2.75, 3.05) is 45.9 Å². The summed E-state index contributed by atoms with van der Waals surface area (Å²) in [4.78, 5) is 41.3. The maximum Gasteiger partial charge on any atom is 0.407 e. The van der Waals surface area contributed by atoms with E-state index in [1.807, 2.05) is 54.7 Å². The lowest BCUT2D eigenvalue weighted by Crippen LogP contribution is -2.55. The van der Waals surface area contributed by atoms with E-state index in [2.05, 4.69) is 27.4 Å². The summed E-state index contributed by atoms with van der Waals surface area (Å²) in [5.41, 5.74) is 8.54. The van der Waals surface area contributed by atoms with Gasteiger partial charge in [0.2, 0.25) is 0 Å². The third-order valence-corrected chi connectivity index (χ3v) is 8.27. The van der Waals surface area contributed by atoms with E-state index in [4.69, 9.17) is 15.6 Å². The van der Waals surface area contributed by atoms with Crippen molar-refractivity contribution in [1.82, 2.24) is 29.8 Å². The van der Waals surface area contributed by atoms with Crippen LogP contribution in [-0.2, 0) is 16.1 Å². The standard InChI is InChI=1S/C26H30N6O2.C5H9NO3/c27-23(21-5-2-1-3-6-21)11-16-30-17-12-26(13-18-30)24(33)31(25(34)29-26)19-20-7-9-22(10-8-20)32-15-4-14-28-32;7-5(8)6-1-3-9-4-2-6/h1-10,14-15,23H,11-13,16-19,27H2,(H,29,34);1-4H2,(H,7,8)/t23-;/m0./s1. The summed E-state index contributed by atoms with van der Waals surface area (Å²) in [6, 6.07) is 19.4. The van der Waals surface area contributed by atoms with Crippen LogP contribution < -0.4 is 11.1 Å². The largest absolute Gasteiger partial charge is 0.465 e. The minimum Gasteiger partial charge on any atom is -0.465 e. The van der Waals surface area contributed by atoms with Gasteiger partial charge in [-0.05, 0) is 55.1 Å². The molecule has 43 heavy (non-hydrogen) atoms. The van der Waals surface area contributed by atoms with Crippen LogP contribution in [0.3, 0.4) is 0 Å². The number of piperidine rings is 1. The lowest BCUT2D eigenvalue weighted by atomic mass is 9.87. The second-order valence-corrected chi connectivity index (χ2v) is 11.1. The summed E-state index contributed by atoms with van der Waals surface area (Å²) < 4.78 is 6.72. The summed E-state index contributed by atoms with van der Waals surface area (Å²) >= 11 is 0. The van der Waals surface area contributed by atoms with Gasteiger partial charge < -0.3 is 30.7 Å². The first-order valence-electron chi connectivity index (χ1n) is 14.7. The number of nitrogens with two attached hydrogens (primary N) is 1. The summed E-state index contributed by atoms with van der Waals surface area (Å²) in [6.07, 6.45) is 4.84. The number of hydrogen-bond acceptors (Lipinski definition) is 7. The molecule has 4 amide bonds. The van der Waals surface area contributed by atoms with Crippen molar-refractivity contribution < 1.29 is 24.2 Å². The number of nitrogens with one attached hydrogen (secondary N) is 1. The van der Waals surface area contributed by atoms with Crippen molar-refractivity contribution in [2.45, 2.75) is 37.4 Å². The molecular formula is C31H39N7O5. The van der Waals surface area contributed by atoms with Crippen LogP contribution in [0.1, 0.15) is 36.4 Å². The quantitative estimate of drug-likeness (QED) is 0.357. The van der Waals surface area contributed by atoms with Crippen molar-refractivity contribution in [3.05, 3.63) is 84.2 Å². The van der Waals surface area contributed by atoms with Crippen LogP contribution in [0.25, 0.3) is 5.69 Å². The second kappa shape index (κ2) is 13.8. The molecule has 6 rings (SSSR count). The molecule has 228 valence electrons. The fourth-order valence-corrected chi connectivity index (χ4v) is 5.62. The normalized spacial score (nSPS) is 19.1. The van der Waals surface area contributed by atoms with Gasteiger partial charge in [-0.1, -0.05) is 42.5 Å². The van der Waals surface area contributed by atoms with E-state index in [0.29, 0.717) is 39.1 Å². The first kappa shape index (κ1) is 30.2. The van der Waals surface area contributed by atoms with Crippen LogP contribution in [-0.4, -0.2) is 99.1 Å². The van der Waals surface area contributed by atoms with Crippen LogP contribution in [0.2, 0.25) is 0 Å². The number of hydrogen-bond donors (Lipinski definition) is 3. The number of aromatic nitrogens is 2. The molecular weight excluding hydrogens is 550 g/mol. The number of carboxylic acid groups (broad SMARTS) is 1. The highest BCUT2D eigenvalue weighted by molar-refractivity contribution is 6.07. The number of morpholine rings is 1. The number of benzene rings is 2. The van der Waals surface area contributed by atoms with Crippen molar-refractivity contribution in [3.8, 4) is 5.69 Å². The Bertz CT molecular complexity index is 1350. The molecule has 3 aliphatic heterocycles. The molecule has 3 aliphatic rings. The van der Waals surface area contributed by atoms with Gasteiger partial charge >= 0.3 is 12.1 Å². The van der Waals surface area contributed by atoms with Gasteiger partial charge in [-0.15, -0.1) is 0 Å². The molecule has 1 atom stereocenters. The van der Waals surface area contributed by atoms with Gasteiger partial charge in [0.15, 0.2) is 0 Å². The number of nitrogens with zero attached hydrogens (tertiary/aromatic N) is 5. The second-order valence-electron chi connectivity index (χ2n) is 11.1. The number of imide groups is 1. The van der Waals surface area contributed by atoms with Gasteiger partial charge in [0.1, 0.15) is 5.54 Å². The number of urea groups is 1. The molecule has 3 saturated heterocycles. The first-order chi connectivity index (χ1) is 20.8. The number of amides is 4. The Balaban J connectivity index is 0.000000351. The van der Waals surface area contributed by atoms with Crippen LogP contribution in [0.4, 0.5) is 9.59 Å². The van der Waals surface area contributed by atoms with Gasteiger partial charge in [-0.25, -0.2) is 14.3 Å². The molecule has 1 aromatic heterocycles. The minimum absolute atomic E-state index is 0.0000706. The maximum atomic E-state index is 13.3. The number of ether oxygens (including phenoxy) is 1. The Morgan fingerprint density at radius 2 is 1.70 bits per heavy atom. The maximum absolute atomic E-state index is 13.3. The van der Waals surface area contributed by atoms with E-state index < -0.39 is 11.6 Å². The smallest absolute Gasteiger partial charge is 0.407 e. The number of carbonyl (C=O) groups excluding carboxylic acids is 2. The van der Waals surface area contributed by atoms with E-state index in [-0.39, 0.29) is 24.5 Å². The van der Waals surface area contributed by atoms with Crippen LogP contribution in [0.15, 0.2) is 73.1 Å². The molecule has 1 spiro atoms. The third-order valence-electron chi connectivity index (χ3n) is 8.27. The molecule has 4 N–H and O–H groups in total. The number of carbonyl (C=O) groups is 3. The molecule has 12 nitrogen and oxygen atoms in total. The van der Waals surface area contributed by atoms with E-state index >= 15 is 0 Å². The average Bonchev–Trinajstić information content (AvgIpc) is 3.66. The van der Waals surface area contributed by atoms with Gasteiger partial charge in [-0.3, -0.25) is 9.69 Å². The van der Waals surface area contributed by atoms with Gasteiger partial charge in [0.05, 0.1) is 25.4 Å². The Morgan fingerprint density at radius 1 is 1.00 bits per heavy atom. The predicted octanol–water partition coefficient (Wildman–Crippen LogP) is 2.85. The highest BCUT2D eigenvalue weighted by atomic mass is 16.5. The summed E-state index contributed by atoms with van der Waals surface area (Å²) in [6.45, 7) is 4.76. The van der Waals surface area contributed by atoms with Crippen LogP contribution >= 0.6 is 0 Å². The molecule has 3 fully saturated rings. The molecule has 4 heterocycles. The molecule has 12 heteroatoms. The third kappa shape index (κ3) is 7.39. The van der Waals surface area contributed by atoms with Crippen molar-refractivity contribution in [2.24, 2.45) is 5.73 Å². The molecule has 0 saturated carbocycles. The van der Waals surface area contributed by atoms with E-state index in [0.717, 1.165) is 42.9 Å². The molecule has 0 aliphatic carbocycles. The topological polar surface area (TPSA) is 146 Å². The fourth-order valence-electron chi connectivity index (χ4n) is 5.62. The highest BCUT2D eigenvalue weighted by Crippen LogP contribution is 2.31. The number of rotatable bonds is 7. The fraction of sp³-hybridized carbons (Fsp3) is 0.419. The molecule has 2 aromatic carbocycles. The van der Waals surface area contributed by atoms with Gasteiger partial charge in [0.25, 0.3) is 5.91 Å². The van der Waals surface area contributed by atoms with E-state index in [1.54, 1.807) is 10.9 Å². The lowest BCUT2D eigenvalue weighted by Gasteiger charge is -2.37. The van der Waals surface area contributed by atoms with Gasteiger partial charge in [-0.2, -0.15) is 5.10 Å². The predicted molar refractivity (Wildman–Crippen MR) is 159 cm³/mol. The highest BCUT2D eigenvalue weighted by Gasteiger charge is 2.52. The zero-order valence-corrected chi connectivity index (χ0v) is 24.2. The lowest BCUT2D eigenvalue weighted by molar-refractivity contribution is -0.133. The minimum atomic E-state index is -0.849. The first-order valence-corrected chi connectivity index (χ1v) is 14.7. The molecule has 0 unspecified atom stereocenters. The van der Waals surface area contributed by atoms with E-state index in [9.17, 15) is 14.4 Å². The summed E-state index contributed by atoms with van der Waals surface area (Å²) in [7, 11) is 0. The Morgan fingerprint density at radius 3 is 2.30 bits per heavy atom. The monoisotopic (exact) mass is 589 g/mol. The SMILES string of the molecule is N[C@@H](CCN1CCC2(CC1)NC(=O)N(Cc1ccc(-n3cccn3)cc1)C2=O)c1ccccc1.O=C(O)N1CCOCC1. The van der Waals surface area contributed by atoms with Crippen molar-refractivity contribution in [3.63, 3.8) is 0 Å². The summed E-state index contributed by atoms with van der Waals surface area (Å²) in [5.74, 6) is -0.116. The molecule has 0 radical (unpaired) electrons. The average molecular weight is 590 g/mol. The molecule has 0 bridgehead atoms. The zero-order chi connectivity index (χ0) is 30.2. The van der Waals surface area contributed by atoms with Crippen molar-refractivity contribution >= 4 is 18.0 Å². The summed E-state index contributed by atoms with van der Waals surface area (Å²) in [5, 5.41) is 15.6. The Hall–Kier alpha value is -4.26. The Labute approximate surface area is 251 Å². The van der Waals surface area contributed by atoms with Crippen LogP contribution in [0.5, 0.6) is 0 Å². The molecule has 3 aromatic rings. The Kier molecular flexibility index (Phi) is 9.70. The zero-order valence-electron chi connectivity index (χ0n) is 24.2. The van der Waals surface area contributed by atoms with E-state index in [1.165, 1.54) is 9.80 Å².